The third-order valence-electron chi connectivity index (χ3n) is 8.22. The first-order valence-electron chi connectivity index (χ1n) is 11.0. The van der Waals surface area contributed by atoms with E-state index >= 15 is 0 Å². The van der Waals surface area contributed by atoms with E-state index < -0.39 is 0 Å². The maximum atomic E-state index is 6.36. The van der Waals surface area contributed by atoms with Crippen molar-refractivity contribution in [2.45, 2.75) is 64.0 Å². The summed E-state index contributed by atoms with van der Waals surface area (Å²) in [6, 6.07) is 4.68. The Labute approximate surface area is 167 Å². The molecule has 4 saturated carbocycles. The van der Waals surface area contributed by atoms with E-state index in [9.17, 15) is 0 Å². The van der Waals surface area contributed by atoms with Gasteiger partial charge in [-0.1, -0.05) is 11.6 Å². The topological polar surface area (TPSA) is 21.1 Å². The van der Waals surface area contributed by atoms with Gasteiger partial charge in [0.25, 0.3) is 0 Å². The molecule has 0 unspecified atom stereocenters. The van der Waals surface area contributed by atoms with Crippen molar-refractivity contribution < 1.29 is 0 Å². The molecule has 1 aliphatic heterocycles. The van der Waals surface area contributed by atoms with Crippen molar-refractivity contribution >= 4 is 22.6 Å². The highest BCUT2D eigenvalue weighted by molar-refractivity contribution is 6.35. The molecule has 1 atom stereocenters. The fourth-order valence-corrected chi connectivity index (χ4v) is 7.86. The lowest BCUT2D eigenvalue weighted by Crippen LogP contribution is -2.52. The summed E-state index contributed by atoms with van der Waals surface area (Å²) in [7, 11) is 0. The second-order valence-corrected chi connectivity index (χ2v) is 10.6. The molecule has 4 heteroatoms. The molecular formula is C23H30ClN3. The number of hydrogen-bond acceptors (Lipinski definition) is 2. The molecule has 0 N–H and O–H groups in total. The van der Waals surface area contributed by atoms with Gasteiger partial charge in [-0.25, -0.2) is 4.98 Å². The van der Waals surface area contributed by atoms with Crippen LogP contribution >= 0.6 is 11.6 Å². The van der Waals surface area contributed by atoms with E-state index in [1.54, 1.807) is 19.3 Å². The smallest absolute Gasteiger partial charge is 0.141 e. The van der Waals surface area contributed by atoms with E-state index in [1.807, 2.05) is 12.3 Å². The zero-order chi connectivity index (χ0) is 18.0. The first kappa shape index (κ1) is 16.9. The maximum Gasteiger partial charge on any atom is 0.141 e. The molecule has 5 aliphatic rings. The highest BCUT2D eigenvalue weighted by Crippen LogP contribution is 2.60. The second kappa shape index (κ2) is 6.22. The molecule has 3 heterocycles. The maximum absolute atomic E-state index is 6.36. The monoisotopic (exact) mass is 383 g/mol. The van der Waals surface area contributed by atoms with Crippen LogP contribution in [0, 0.1) is 23.2 Å². The molecule has 5 fully saturated rings. The lowest BCUT2D eigenvalue weighted by molar-refractivity contribution is -0.0712. The van der Waals surface area contributed by atoms with Crippen LogP contribution in [-0.4, -0.2) is 33.6 Å². The van der Waals surface area contributed by atoms with Gasteiger partial charge in [0.05, 0.1) is 5.02 Å². The number of likely N-dealkylation sites (tertiary alicyclic amines) is 1. The molecule has 144 valence electrons. The summed E-state index contributed by atoms with van der Waals surface area (Å²) in [5.74, 6) is 3.16. The van der Waals surface area contributed by atoms with Gasteiger partial charge in [-0.05, 0) is 93.2 Å². The number of fused-ring (bicyclic) bond motifs is 1. The number of hydrogen-bond donors (Lipinski definition) is 0. The predicted octanol–water partition coefficient (Wildman–Crippen LogP) is 5.37. The lowest BCUT2D eigenvalue weighted by Gasteiger charge is -2.58. The standard InChI is InChI=1S/C23H30ClN3/c24-21-3-5-25-22-20(21)4-7-26(22)14-19-2-1-6-27(19)15-23-11-16-8-17(12-23)10-18(9-16)13-23/h3-5,7,16-19H,1-2,6,8-15H2/t16?,17?,18?,19-,23?/m0/s1. The minimum absolute atomic E-state index is 0.650. The number of rotatable bonds is 4. The lowest BCUT2D eigenvalue weighted by atomic mass is 9.49. The van der Waals surface area contributed by atoms with Gasteiger partial charge in [0, 0.05) is 36.9 Å². The minimum atomic E-state index is 0.650. The summed E-state index contributed by atoms with van der Waals surface area (Å²) in [6.45, 7) is 3.71. The molecule has 0 radical (unpaired) electrons. The Hall–Kier alpha value is -1.06. The van der Waals surface area contributed by atoms with Gasteiger partial charge in [0.2, 0.25) is 0 Å². The average Bonchev–Trinajstić information content (AvgIpc) is 3.22. The molecule has 0 aromatic carbocycles. The third-order valence-corrected chi connectivity index (χ3v) is 8.55. The van der Waals surface area contributed by atoms with Crippen LogP contribution in [0.5, 0.6) is 0 Å². The molecule has 7 rings (SSSR count). The first-order valence-corrected chi connectivity index (χ1v) is 11.4. The van der Waals surface area contributed by atoms with E-state index in [0.29, 0.717) is 11.5 Å². The molecule has 1 saturated heterocycles. The number of pyridine rings is 1. The summed E-state index contributed by atoms with van der Waals surface area (Å²) >= 11 is 6.36. The summed E-state index contributed by atoms with van der Waals surface area (Å²) in [4.78, 5) is 7.46. The average molecular weight is 384 g/mol. The molecular weight excluding hydrogens is 354 g/mol. The molecule has 27 heavy (non-hydrogen) atoms. The van der Waals surface area contributed by atoms with Crippen LogP contribution in [0.1, 0.15) is 51.4 Å². The molecule has 3 nitrogen and oxygen atoms in total. The van der Waals surface area contributed by atoms with Gasteiger partial charge in [-0.3, -0.25) is 4.90 Å². The first-order chi connectivity index (χ1) is 13.2. The van der Waals surface area contributed by atoms with Crippen LogP contribution in [0.15, 0.2) is 24.5 Å². The number of aromatic nitrogens is 2. The van der Waals surface area contributed by atoms with E-state index in [-0.39, 0.29) is 0 Å². The fraction of sp³-hybridized carbons (Fsp3) is 0.696. The van der Waals surface area contributed by atoms with Crippen molar-refractivity contribution in [2.24, 2.45) is 23.2 Å². The Bertz CT molecular complexity index is 821. The summed E-state index contributed by atoms with van der Waals surface area (Å²) in [6.07, 6.45) is 15.9. The van der Waals surface area contributed by atoms with Gasteiger partial charge >= 0.3 is 0 Å². The van der Waals surface area contributed by atoms with Gasteiger partial charge in [0.15, 0.2) is 0 Å². The van der Waals surface area contributed by atoms with Crippen molar-refractivity contribution in [1.82, 2.24) is 14.5 Å². The summed E-state index contributed by atoms with van der Waals surface area (Å²) < 4.78 is 2.34. The Kier molecular flexibility index (Phi) is 3.88. The van der Waals surface area contributed by atoms with Crippen LogP contribution in [0.25, 0.3) is 11.0 Å². The predicted molar refractivity (Wildman–Crippen MR) is 110 cm³/mol. The molecule has 2 aromatic rings. The van der Waals surface area contributed by atoms with Crippen molar-refractivity contribution in [1.29, 1.82) is 0 Å². The van der Waals surface area contributed by atoms with Gasteiger partial charge in [-0.2, -0.15) is 0 Å². The molecule has 0 spiro atoms. The number of halogens is 1. The Morgan fingerprint density at radius 1 is 1.07 bits per heavy atom. The molecule has 4 bridgehead atoms. The zero-order valence-corrected chi connectivity index (χ0v) is 16.9. The summed E-state index contributed by atoms with van der Waals surface area (Å²) in [5, 5.41) is 1.90. The van der Waals surface area contributed by atoms with Gasteiger partial charge < -0.3 is 4.57 Å². The number of nitrogens with zero attached hydrogens (tertiary/aromatic N) is 3. The van der Waals surface area contributed by atoms with Crippen molar-refractivity contribution in [3.8, 4) is 0 Å². The minimum Gasteiger partial charge on any atom is -0.331 e. The van der Waals surface area contributed by atoms with E-state index in [1.165, 1.54) is 45.2 Å². The van der Waals surface area contributed by atoms with Gasteiger partial charge in [0.1, 0.15) is 5.65 Å². The summed E-state index contributed by atoms with van der Waals surface area (Å²) in [5.41, 5.74) is 1.70. The Morgan fingerprint density at radius 3 is 2.56 bits per heavy atom. The Balaban J connectivity index is 1.22. The van der Waals surface area contributed by atoms with Crippen molar-refractivity contribution in [2.75, 3.05) is 13.1 Å². The van der Waals surface area contributed by atoms with Crippen LogP contribution in [0.2, 0.25) is 5.02 Å². The quantitative estimate of drug-likeness (QED) is 0.707. The molecule has 4 aliphatic carbocycles. The second-order valence-electron chi connectivity index (χ2n) is 10.2. The normalized spacial score (nSPS) is 38.3. The van der Waals surface area contributed by atoms with Crippen LogP contribution in [0.4, 0.5) is 0 Å². The van der Waals surface area contributed by atoms with E-state index in [0.717, 1.165) is 40.4 Å². The molecule has 2 aromatic heterocycles. The van der Waals surface area contributed by atoms with Gasteiger partial charge in [-0.15, -0.1) is 0 Å². The highest BCUT2D eigenvalue weighted by Gasteiger charge is 2.51. The van der Waals surface area contributed by atoms with Crippen LogP contribution < -0.4 is 0 Å². The fourth-order valence-electron chi connectivity index (χ4n) is 7.66. The zero-order valence-electron chi connectivity index (χ0n) is 16.1. The highest BCUT2D eigenvalue weighted by atomic mass is 35.5. The van der Waals surface area contributed by atoms with Crippen molar-refractivity contribution in [3.63, 3.8) is 0 Å². The largest absolute Gasteiger partial charge is 0.331 e. The SMILES string of the molecule is Clc1ccnc2c1ccn2C[C@@H]1CCCN1CC12CC3CC(CC(C3)C1)C2. The Morgan fingerprint density at radius 2 is 1.81 bits per heavy atom. The van der Waals surface area contributed by atoms with Crippen LogP contribution in [-0.2, 0) is 6.54 Å². The van der Waals surface area contributed by atoms with Crippen LogP contribution in [0.3, 0.4) is 0 Å². The van der Waals surface area contributed by atoms with E-state index in [2.05, 4.69) is 26.7 Å². The van der Waals surface area contributed by atoms with Crippen molar-refractivity contribution in [3.05, 3.63) is 29.5 Å². The molecule has 0 amide bonds. The van der Waals surface area contributed by atoms with E-state index in [4.69, 9.17) is 11.6 Å². The third kappa shape index (κ3) is 2.84.